The molecule has 0 saturated carbocycles. The van der Waals surface area contributed by atoms with Gasteiger partial charge < -0.3 is 20.9 Å². The molecule has 1 aliphatic carbocycles. The summed E-state index contributed by atoms with van der Waals surface area (Å²) in [5.74, 6) is -3.33. The SMILES string of the molecule is Cc1cc(C(O)(c2ccc(OC(F)(F)F)cc2)C(F)(F)F)ccc1C1(C(N)=O)C=CC=C(I)C1C(=O)NC(C)C. The van der Waals surface area contributed by atoms with Crippen LogP contribution in [0.2, 0.25) is 0 Å². The van der Waals surface area contributed by atoms with Crippen LogP contribution in [0.3, 0.4) is 0 Å². The molecular formula is C27H25F6IN2O4. The summed E-state index contributed by atoms with van der Waals surface area (Å²) in [4.78, 5) is 26.2. The third-order valence-electron chi connectivity index (χ3n) is 6.45. The van der Waals surface area contributed by atoms with Gasteiger partial charge in [-0.1, -0.05) is 48.6 Å². The van der Waals surface area contributed by atoms with Gasteiger partial charge in [0.25, 0.3) is 0 Å². The Balaban J connectivity index is 2.17. The number of rotatable bonds is 7. The van der Waals surface area contributed by atoms with E-state index in [0.29, 0.717) is 27.8 Å². The van der Waals surface area contributed by atoms with Gasteiger partial charge in [-0.05, 0) is 77.7 Å². The molecule has 3 atom stereocenters. The maximum Gasteiger partial charge on any atom is 0.573 e. The van der Waals surface area contributed by atoms with Crippen LogP contribution >= 0.6 is 22.6 Å². The molecule has 13 heteroatoms. The Morgan fingerprint density at radius 2 is 1.62 bits per heavy atom. The highest BCUT2D eigenvalue weighted by atomic mass is 127. The quantitative estimate of drug-likeness (QED) is 0.268. The highest BCUT2D eigenvalue weighted by Crippen LogP contribution is 2.48. The lowest BCUT2D eigenvalue weighted by Gasteiger charge is -2.39. The van der Waals surface area contributed by atoms with Crippen LogP contribution < -0.4 is 15.8 Å². The monoisotopic (exact) mass is 682 g/mol. The fourth-order valence-corrected chi connectivity index (χ4v) is 5.73. The molecule has 0 spiro atoms. The largest absolute Gasteiger partial charge is 0.573 e. The zero-order valence-electron chi connectivity index (χ0n) is 21.3. The number of aryl methyl sites for hydroxylation is 1. The van der Waals surface area contributed by atoms with Gasteiger partial charge in [-0.3, -0.25) is 9.59 Å². The standard InChI is InChI=1S/C27H25F6IN2O4/c1-14(2)36-22(37)21-20(34)5-4-12-24(21,23(35)38)19-11-8-17(13-15(19)3)25(39,26(28,29)30)16-6-9-18(10-7-16)40-27(31,32)33/h4-14,21,39H,1-3H3,(H2,35,38)(H,36,37). The summed E-state index contributed by atoms with van der Waals surface area (Å²) < 4.78 is 84.8. The van der Waals surface area contributed by atoms with E-state index in [9.17, 15) is 41.0 Å². The number of hydrogen-bond acceptors (Lipinski definition) is 4. The fourth-order valence-electron chi connectivity index (χ4n) is 4.75. The van der Waals surface area contributed by atoms with Crippen LogP contribution in [-0.4, -0.2) is 35.5 Å². The van der Waals surface area contributed by atoms with Crippen LogP contribution in [0.4, 0.5) is 26.3 Å². The molecule has 0 aliphatic heterocycles. The summed E-state index contributed by atoms with van der Waals surface area (Å²) in [5, 5.41) is 13.8. The second kappa shape index (κ2) is 11.1. The average Bonchev–Trinajstić information content (AvgIpc) is 2.81. The van der Waals surface area contributed by atoms with Crippen molar-refractivity contribution in [3.8, 4) is 5.75 Å². The Labute approximate surface area is 239 Å². The van der Waals surface area contributed by atoms with E-state index in [1.54, 1.807) is 19.9 Å². The zero-order chi connectivity index (χ0) is 30.3. The highest BCUT2D eigenvalue weighted by molar-refractivity contribution is 14.1. The van der Waals surface area contributed by atoms with Crippen LogP contribution in [0.15, 0.2) is 64.3 Å². The number of alkyl halides is 6. The summed E-state index contributed by atoms with van der Waals surface area (Å²) in [6.07, 6.45) is -5.81. The lowest BCUT2D eigenvalue weighted by atomic mass is 9.65. The van der Waals surface area contributed by atoms with Gasteiger partial charge in [-0.25, -0.2) is 0 Å². The van der Waals surface area contributed by atoms with Gasteiger partial charge in [-0.15, -0.1) is 13.2 Å². The number of hydrogen-bond donors (Lipinski definition) is 3. The number of nitrogens with one attached hydrogen (secondary N) is 1. The molecule has 2 amide bonds. The van der Waals surface area contributed by atoms with Crippen LogP contribution in [0.5, 0.6) is 5.75 Å². The molecule has 1 aliphatic rings. The summed E-state index contributed by atoms with van der Waals surface area (Å²) >= 11 is 1.90. The predicted octanol–water partition coefficient (Wildman–Crippen LogP) is 5.44. The summed E-state index contributed by atoms with van der Waals surface area (Å²) in [6.45, 7) is 4.84. The Morgan fingerprint density at radius 3 is 2.10 bits per heavy atom. The van der Waals surface area contributed by atoms with Crippen LogP contribution in [0, 0.1) is 12.8 Å². The van der Waals surface area contributed by atoms with Gasteiger partial charge in [0, 0.05) is 9.62 Å². The fraction of sp³-hybridized carbons (Fsp3) is 0.333. The third-order valence-corrected chi connectivity index (χ3v) is 7.43. The lowest BCUT2D eigenvalue weighted by Crippen LogP contribution is -2.53. The number of carbonyl (C=O) groups is 2. The average molecular weight is 682 g/mol. The minimum Gasteiger partial charge on any atom is -0.406 e. The van der Waals surface area contributed by atoms with E-state index in [4.69, 9.17) is 5.73 Å². The first kappa shape index (κ1) is 31.5. The van der Waals surface area contributed by atoms with E-state index in [2.05, 4.69) is 10.1 Å². The molecule has 0 bridgehead atoms. The molecule has 6 nitrogen and oxygen atoms in total. The number of halogens is 7. The van der Waals surface area contributed by atoms with Gasteiger partial charge in [-0.2, -0.15) is 13.2 Å². The van der Waals surface area contributed by atoms with Crippen molar-refractivity contribution in [1.29, 1.82) is 0 Å². The first-order chi connectivity index (χ1) is 18.3. The minimum atomic E-state index is -5.31. The highest BCUT2D eigenvalue weighted by Gasteiger charge is 2.57. The van der Waals surface area contributed by atoms with E-state index in [1.165, 1.54) is 25.1 Å². The van der Waals surface area contributed by atoms with Gasteiger partial charge in [0.05, 0.1) is 5.92 Å². The van der Waals surface area contributed by atoms with Gasteiger partial charge >= 0.3 is 12.5 Å². The first-order valence-electron chi connectivity index (χ1n) is 11.8. The number of ether oxygens (including phenoxy) is 1. The summed E-state index contributed by atoms with van der Waals surface area (Å²) in [5.41, 5.74) is -0.748. The molecule has 0 radical (unpaired) electrons. The first-order valence-corrected chi connectivity index (χ1v) is 12.8. The summed E-state index contributed by atoms with van der Waals surface area (Å²) in [6, 6.07) is 5.50. The van der Waals surface area contributed by atoms with Gasteiger partial charge in [0.1, 0.15) is 11.2 Å². The van der Waals surface area contributed by atoms with Crippen molar-refractivity contribution >= 4 is 34.4 Å². The van der Waals surface area contributed by atoms with Crippen molar-refractivity contribution < 1.29 is 45.8 Å². The van der Waals surface area contributed by atoms with Crippen LogP contribution in [0.1, 0.15) is 36.1 Å². The molecule has 3 unspecified atom stereocenters. The predicted molar refractivity (Wildman–Crippen MR) is 142 cm³/mol. The number of carbonyl (C=O) groups excluding carboxylic acids is 2. The maximum atomic E-state index is 14.4. The van der Waals surface area contributed by atoms with Crippen molar-refractivity contribution in [3.63, 3.8) is 0 Å². The van der Waals surface area contributed by atoms with Crippen molar-refractivity contribution in [2.75, 3.05) is 0 Å². The number of aliphatic hydroxyl groups is 1. The number of benzene rings is 2. The smallest absolute Gasteiger partial charge is 0.406 e. The Hall–Kier alpha value is -3.07. The van der Waals surface area contributed by atoms with Gasteiger partial charge in [0.15, 0.2) is 0 Å². The molecule has 0 aromatic heterocycles. The molecule has 0 fully saturated rings. The summed E-state index contributed by atoms with van der Waals surface area (Å²) in [7, 11) is 0. The van der Waals surface area contributed by atoms with Crippen molar-refractivity contribution in [1.82, 2.24) is 5.32 Å². The second-order valence-electron chi connectivity index (χ2n) is 9.55. The minimum absolute atomic E-state index is 0.106. The molecule has 2 aromatic rings. The van der Waals surface area contributed by atoms with Gasteiger partial charge in [0.2, 0.25) is 17.4 Å². The molecule has 2 aromatic carbocycles. The molecular weight excluding hydrogens is 657 g/mol. The topological polar surface area (TPSA) is 102 Å². The van der Waals surface area contributed by atoms with E-state index >= 15 is 0 Å². The Kier molecular flexibility index (Phi) is 8.71. The maximum absolute atomic E-state index is 14.4. The van der Waals surface area contributed by atoms with E-state index in [0.717, 1.165) is 12.1 Å². The van der Waals surface area contributed by atoms with Crippen molar-refractivity contribution in [2.45, 2.75) is 50.4 Å². The van der Waals surface area contributed by atoms with E-state index in [1.807, 2.05) is 22.6 Å². The molecule has 40 heavy (non-hydrogen) atoms. The number of nitrogens with two attached hydrogens (primary N) is 1. The molecule has 3 rings (SSSR count). The molecule has 0 saturated heterocycles. The second-order valence-corrected chi connectivity index (χ2v) is 10.8. The number of allylic oxidation sites excluding steroid dienone is 2. The molecule has 0 heterocycles. The molecule has 216 valence electrons. The Bertz CT molecular complexity index is 1350. The van der Waals surface area contributed by atoms with Crippen molar-refractivity contribution in [2.24, 2.45) is 11.7 Å². The third kappa shape index (κ3) is 5.85. The van der Waals surface area contributed by atoms with E-state index in [-0.39, 0.29) is 17.2 Å². The van der Waals surface area contributed by atoms with E-state index < -0.39 is 58.2 Å². The molecule has 4 N–H and O–H groups in total. The number of primary amides is 1. The zero-order valence-corrected chi connectivity index (χ0v) is 23.5. The van der Waals surface area contributed by atoms with Crippen molar-refractivity contribution in [3.05, 3.63) is 86.5 Å². The normalized spacial score (nSPS) is 21.0. The number of amides is 2. The lowest BCUT2D eigenvalue weighted by molar-refractivity contribution is -0.274. The van der Waals surface area contributed by atoms with Crippen LogP contribution in [-0.2, 0) is 20.6 Å². The Morgan fingerprint density at radius 1 is 1.05 bits per heavy atom. The van der Waals surface area contributed by atoms with Crippen LogP contribution in [0.25, 0.3) is 0 Å².